The number of hydrogen-bond acceptors (Lipinski definition) is 4. The number of furan rings is 1. The Morgan fingerprint density at radius 2 is 2.23 bits per heavy atom. The van der Waals surface area contributed by atoms with Gasteiger partial charge in [0, 0.05) is 6.07 Å². The molecule has 0 saturated carbocycles. The molecule has 0 atom stereocenters. The van der Waals surface area contributed by atoms with E-state index in [4.69, 9.17) is 8.94 Å². The van der Waals surface area contributed by atoms with Gasteiger partial charge < -0.3 is 8.94 Å². The van der Waals surface area contributed by atoms with E-state index in [1.54, 1.807) is 12.1 Å². The van der Waals surface area contributed by atoms with Crippen LogP contribution in [-0.4, -0.2) is 11.4 Å². The van der Waals surface area contributed by atoms with Crippen LogP contribution in [0.1, 0.15) is 10.5 Å². The summed E-state index contributed by atoms with van der Waals surface area (Å²) in [5.41, 5.74) is 0.252. The van der Waals surface area contributed by atoms with E-state index >= 15 is 0 Å². The van der Waals surface area contributed by atoms with E-state index in [9.17, 15) is 4.79 Å². The number of hydrogen-bond donors (Lipinski definition) is 0. The maximum Gasteiger partial charge on any atom is 0.202 e. The van der Waals surface area contributed by atoms with Gasteiger partial charge in [0.25, 0.3) is 0 Å². The molecule has 0 aliphatic carbocycles. The molecular weight excluding hydrogens is 238 g/mol. The highest BCUT2D eigenvalue weighted by Gasteiger charge is 2.09. The van der Waals surface area contributed by atoms with E-state index < -0.39 is 0 Å². The second-order valence-corrected chi connectivity index (χ2v) is 3.12. The fourth-order valence-electron chi connectivity index (χ4n) is 0.907. The molecule has 5 heteroatoms. The molecule has 2 rings (SSSR count). The van der Waals surface area contributed by atoms with Gasteiger partial charge in [0.1, 0.15) is 5.69 Å². The summed E-state index contributed by atoms with van der Waals surface area (Å²) in [6.07, 6.45) is 0.616. The van der Waals surface area contributed by atoms with E-state index in [0.717, 1.165) is 0 Å². The molecule has 0 aliphatic heterocycles. The Labute approximate surface area is 81.6 Å². The highest BCUT2D eigenvalue weighted by Crippen LogP contribution is 2.24. The summed E-state index contributed by atoms with van der Waals surface area (Å²) in [6.45, 7) is 0. The molecule has 0 aromatic carbocycles. The Morgan fingerprint density at radius 1 is 1.38 bits per heavy atom. The second-order valence-electron chi connectivity index (χ2n) is 2.34. The monoisotopic (exact) mass is 241 g/mol. The average Bonchev–Trinajstić information content (AvgIpc) is 2.71. The molecule has 0 amide bonds. The maximum absolute atomic E-state index is 10.3. The van der Waals surface area contributed by atoms with Crippen LogP contribution >= 0.6 is 15.9 Å². The smallest absolute Gasteiger partial charge is 0.202 e. The van der Waals surface area contributed by atoms with Crippen LogP contribution in [0.3, 0.4) is 0 Å². The minimum Gasteiger partial charge on any atom is -0.446 e. The van der Waals surface area contributed by atoms with Gasteiger partial charge >= 0.3 is 0 Å². The molecule has 2 heterocycles. The highest BCUT2D eigenvalue weighted by atomic mass is 79.9. The zero-order chi connectivity index (χ0) is 9.26. The summed E-state index contributed by atoms with van der Waals surface area (Å²) in [5, 5.41) is 3.50. The van der Waals surface area contributed by atoms with Crippen molar-refractivity contribution < 1.29 is 13.7 Å². The van der Waals surface area contributed by atoms with Gasteiger partial charge in [0.05, 0.1) is 0 Å². The van der Waals surface area contributed by atoms with Gasteiger partial charge in [0.2, 0.25) is 5.76 Å². The predicted molar refractivity (Wildman–Crippen MR) is 47.3 cm³/mol. The molecule has 13 heavy (non-hydrogen) atoms. The van der Waals surface area contributed by atoms with Gasteiger partial charge in [-0.15, -0.1) is 0 Å². The Balaban J connectivity index is 2.40. The van der Waals surface area contributed by atoms with Crippen LogP contribution in [0.15, 0.2) is 31.8 Å². The molecule has 0 saturated heterocycles. The van der Waals surface area contributed by atoms with Crippen molar-refractivity contribution in [2.24, 2.45) is 0 Å². The molecule has 4 nitrogen and oxygen atoms in total. The quantitative estimate of drug-likeness (QED) is 0.759. The highest BCUT2D eigenvalue weighted by molar-refractivity contribution is 9.10. The largest absolute Gasteiger partial charge is 0.446 e. The van der Waals surface area contributed by atoms with Crippen LogP contribution in [0.2, 0.25) is 0 Å². The van der Waals surface area contributed by atoms with Crippen LogP contribution in [0, 0.1) is 0 Å². The van der Waals surface area contributed by atoms with E-state index in [-0.39, 0.29) is 5.69 Å². The Hall–Kier alpha value is -1.36. The molecule has 0 spiro atoms. The van der Waals surface area contributed by atoms with Crippen LogP contribution in [0.4, 0.5) is 0 Å². The second kappa shape index (κ2) is 3.18. The number of carbonyl (C=O) groups is 1. The molecule has 66 valence electrons. The molecule has 2 aromatic rings. The predicted octanol–water partition coefficient (Wildman–Crippen LogP) is 2.51. The molecule has 0 radical (unpaired) electrons. The number of nitrogens with zero attached hydrogens (tertiary/aromatic N) is 1. The van der Waals surface area contributed by atoms with E-state index in [0.29, 0.717) is 22.5 Å². The maximum atomic E-state index is 10.3. The SMILES string of the molecule is O=Cc1cc(-c2ccc(Br)o2)on1. The zero-order valence-electron chi connectivity index (χ0n) is 6.36. The normalized spacial score (nSPS) is 10.2. The first-order valence-electron chi connectivity index (χ1n) is 3.47. The lowest BCUT2D eigenvalue weighted by atomic mass is 10.3. The lowest BCUT2D eigenvalue weighted by Gasteiger charge is -1.84. The third kappa shape index (κ3) is 1.55. The standard InChI is InChI=1S/C8H4BrNO3/c9-8-2-1-6(12-8)7-3-5(4-11)10-13-7/h1-4H. The van der Waals surface area contributed by atoms with Crippen molar-refractivity contribution in [1.82, 2.24) is 5.16 Å². The molecular formula is C8H4BrNO3. The minimum absolute atomic E-state index is 0.252. The van der Waals surface area contributed by atoms with Crippen LogP contribution < -0.4 is 0 Å². The Kier molecular flexibility index (Phi) is 2.02. The molecule has 2 aromatic heterocycles. The van der Waals surface area contributed by atoms with Crippen molar-refractivity contribution >= 4 is 22.2 Å². The van der Waals surface area contributed by atoms with Crippen molar-refractivity contribution in [3.05, 3.63) is 28.6 Å². The molecule has 0 bridgehead atoms. The van der Waals surface area contributed by atoms with Crippen molar-refractivity contribution in [1.29, 1.82) is 0 Å². The van der Waals surface area contributed by atoms with Crippen LogP contribution in [0.5, 0.6) is 0 Å². The number of aromatic nitrogens is 1. The summed E-state index contributed by atoms with van der Waals surface area (Å²) in [6, 6.07) is 4.97. The molecule has 0 N–H and O–H groups in total. The van der Waals surface area contributed by atoms with Crippen molar-refractivity contribution in [3.8, 4) is 11.5 Å². The van der Waals surface area contributed by atoms with E-state index in [1.807, 2.05) is 0 Å². The number of rotatable bonds is 2. The first-order valence-corrected chi connectivity index (χ1v) is 4.26. The van der Waals surface area contributed by atoms with Crippen LogP contribution in [-0.2, 0) is 0 Å². The lowest BCUT2D eigenvalue weighted by Crippen LogP contribution is -1.72. The van der Waals surface area contributed by atoms with Crippen molar-refractivity contribution in [3.63, 3.8) is 0 Å². The lowest BCUT2D eigenvalue weighted by molar-refractivity contribution is 0.111. The Bertz CT molecular complexity index is 432. The van der Waals surface area contributed by atoms with Crippen LogP contribution in [0.25, 0.3) is 11.5 Å². The Morgan fingerprint density at radius 3 is 2.77 bits per heavy atom. The topological polar surface area (TPSA) is 56.2 Å². The number of aldehydes is 1. The van der Waals surface area contributed by atoms with E-state index in [2.05, 4.69) is 21.1 Å². The van der Waals surface area contributed by atoms with E-state index in [1.165, 1.54) is 6.07 Å². The summed E-state index contributed by atoms with van der Waals surface area (Å²) >= 11 is 3.16. The summed E-state index contributed by atoms with van der Waals surface area (Å²) < 4.78 is 10.7. The fourth-order valence-corrected chi connectivity index (χ4v) is 1.21. The van der Waals surface area contributed by atoms with Gasteiger partial charge in [-0.25, -0.2) is 0 Å². The van der Waals surface area contributed by atoms with Gasteiger partial charge in [0.15, 0.2) is 16.7 Å². The molecule has 0 aliphatic rings. The minimum atomic E-state index is 0.252. The van der Waals surface area contributed by atoms with Gasteiger partial charge in [-0.2, -0.15) is 0 Å². The molecule has 0 fully saturated rings. The third-order valence-corrected chi connectivity index (χ3v) is 1.89. The fraction of sp³-hybridized carbons (Fsp3) is 0. The van der Waals surface area contributed by atoms with Gasteiger partial charge in [-0.05, 0) is 28.1 Å². The third-order valence-electron chi connectivity index (χ3n) is 1.47. The zero-order valence-corrected chi connectivity index (χ0v) is 7.95. The average molecular weight is 242 g/mol. The number of carbonyl (C=O) groups excluding carboxylic acids is 1. The molecule has 0 unspecified atom stereocenters. The summed E-state index contributed by atoms with van der Waals surface area (Å²) in [7, 11) is 0. The van der Waals surface area contributed by atoms with Crippen molar-refractivity contribution in [2.45, 2.75) is 0 Å². The first kappa shape index (κ1) is 8.25. The first-order chi connectivity index (χ1) is 6.29. The summed E-state index contributed by atoms with van der Waals surface area (Å²) in [5.74, 6) is 0.972. The van der Waals surface area contributed by atoms with Gasteiger partial charge in [-0.3, -0.25) is 4.79 Å². The summed E-state index contributed by atoms with van der Waals surface area (Å²) in [4.78, 5) is 10.3. The van der Waals surface area contributed by atoms with Gasteiger partial charge in [-0.1, -0.05) is 5.16 Å². The number of halogens is 1. The van der Waals surface area contributed by atoms with Crippen molar-refractivity contribution in [2.75, 3.05) is 0 Å².